The first-order chi connectivity index (χ1) is 10.6. The highest BCUT2D eigenvalue weighted by Gasteiger charge is 2.12. The van der Waals surface area contributed by atoms with Crippen molar-refractivity contribution in [3.63, 3.8) is 0 Å². The molecule has 0 aliphatic heterocycles. The number of nitrogens with one attached hydrogen (secondary N) is 1. The van der Waals surface area contributed by atoms with E-state index in [-0.39, 0.29) is 6.42 Å². The van der Waals surface area contributed by atoms with E-state index in [0.717, 1.165) is 31.1 Å². The predicted octanol–water partition coefficient (Wildman–Crippen LogP) is 2.89. The predicted molar refractivity (Wildman–Crippen MR) is 89.7 cm³/mol. The summed E-state index contributed by atoms with van der Waals surface area (Å²) < 4.78 is 5.49. The summed E-state index contributed by atoms with van der Waals surface area (Å²) >= 11 is 0. The Bertz CT molecular complexity index is 463. The van der Waals surface area contributed by atoms with Crippen LogP contribution in [0.25, 0.3) is 0 Å². The van der Waals surface area contributed by atoms with Crippen molar-refractivity contribution in [3.05, 3.63) is 23.8 Å². The maximum atomic E-state index is 10.8. The van der Waals surface area contributed by atoms with Gasteiger partial charge in [-0.1, -0.05) is 19.4 Å². The molecule has 0 atom stereocenters. The molecule has 0 heterocycles. The molecule has 5 nitrogen and oxygen atoms in total. The van der Waals surface area contributed by atoms with Crippen LogP contribution in [-0.2, 0) is 11.3 Å². The van der Waals surface area contributed by atoms with Crippen molar-refractivity contribution in [1.82, 2.24) is 5.32 Å². The summed E-state index contributed by atoms with van der Waals surface area (Å²) in [4.78, 5) is 12.8. The van der Waals surface area contributed by atoms with Gasteiger partial charge in [-0.3, -0.25) is 4.79 Å². The molecular weight excluding hydrogens is 280 g/mol. The van der Waals surface area contributed by atoms with Crippen molar-refractivity contribution in [3.8, 4) is 5.75 Å². The highest BCUT2D eigenvalue weighted by molar-refractivity contribution is 5.68. The second-order valence-corrected chi connectivity index (χ2v) is 5.26. The van der Waals surface area contributed by atoms with Crippen LogP contribution in [0.3, 0.4) is 0 Å². The van der Waals surface area contributed by atoms with E-state index in [9.17, 15) is 4.79 Å². The molecule has 0 aliphatic rings. The normalized spacial score (nSPS) is 10.5. The summed E-state index contributed by atoms with van der Waals surface area (Å²) in [6.45, 7) is 7.25. The van der Waals surface area contributed by atoms with Gasteiger partial charge in [-0.05, 0) is 37.6 Å². The second kappa shape index (κ2) is 10.1. The van der Waals surface area contributed by atoms with Crippen molar-refractivity contribution < 1.29 is 14.6 Å². The second-order valence-electron chi connectivity index (χ2n) is 5.26. The number of benzene rings is 1. The van der Waals surface area contributed by atoms with Gasteiger partial charge in [0.25, 0.3) is 0 Å². The quantitative estimate of drug-likeness (QED) is 0.616. The lowest BCUT2D eigenvalue weighted by Crippen LogP contribution is -2.26. The van der Waals surface area contributed by atoms with Crippen LogP contribution in [0.15, 0.2) is 18.2 Å². The van der Waals surface area contributed by atoms with Crippen LogP contribution in [0.1, 0.15) is 38.7 Å². The summed E-state index contributed by atoms with van der Waals surface area (Å²) in [5, 5.41) is 12.3. The van der Waals surface area contributed by atoms with E-state index in [0.29, 0.717) is 6.54 Å². The van der Waals surface area contributed by atoms with Gasteiger partial charge in [-0.2, -0.15) is 0 Å². The van der Waals surface area contributed by atoms with Crippen LogP contribution in [0.5, 0.6) is 5.75 Å². The van der Waals surface area contributed by atoms with E-state index >= 15 is 0 Å². The van der Waals surface area contributed by atoms with Gasteiger partial charge in [-0.15, -0.1) is 0 Å². The Morgan fingerprint density at radius 3 is 2.73 bits per heavy atom. The smallest absolute Gasteiger partial charge is 0.305 e. The molecule has 5 heteroatoms. The molecule has 0 aromatic heterocycles. The largest absolute Gasteiger partial charge is 0.495 e. The average molecular weight is 308 g/mol. The summed E-state index contributed by atoms with van der Waals surface area (Å²) in [7, 11) is 1.65. The number of aliphatic carboxylic acids is 1. The number of hydrogen-bond acceptors (Lipinski definition) is 4. The number of carboxylic acids is 1. The molecule has 0 bridgehead atoms. The van der Waals surface area contributed by atoms with Crippen LogP contribution in [-0.4, -0.2) is 37.8 Å². The standard InChI is InChI=1S/C17H28N2O3/c1-4-6-10-18-13-14-7-8-15(16(12-14)22-3)19(5-2)11-9-17(20)21/h7-8,12,18H,4-6,9-11,13H2,1-3H3,(H,20,21). The zero-order chi connectivity index (χ0) is 16.4. The van der Waals surface area contributed by atoms with E-state index in [1.807, 2.05) is 24.0 Å². The van der Waals surface area contributed by atoms with Crippen LogP contribution in [0.2, 0.25) is 0 Å². The van der Waals surface area contributed by atoms with E-state index in [4.69, 9.17) is 9.84 Å². The van der Waals surface area contributed by atoms with Crippen molar-refractivity contribution in [2.45, 2.75) is 39.7 Å². The highest BCUT2D eigenvalue weighted by Crippen LogP contribution is 2.29. The Morgan fingerprint density at radius 1 is 1.36 bits per heavy atom. The van der Waals surface area contributed by atoms with E-state index in [2.05, 4.69) is 18.3 Å². The number of anilines is 1. The number of carbonyl (C=O) groups is 1. The highest BCUT2D eigenvalue weighted by atomic mass is 16.5. The Hall–Kier alpha value is -1.75. The minimum Gasteiger partial charge on any atom is -0.495 e. The molecule has 0 saturated carbocycles. The molecule has 0 saturated heterocycles. The van der Waals surface area contributed by atoms with Crippen molar-refractivity contribution >= 4 is 11.7 Å². The Morgan fingerprint density at radius 2 is 2.14 bits per heavy atom. The summed E-state index contributed by atoms with van der Waals surface area (Å²) in [5.74, 6) is 0.0104. The van der Waals surface area contributed by atoms with Crippen LogP contribution >= 0.6 is 0 Å². The molecule has 2 N–H and O–H groups in total. The molecule has 0 unspecified atom stereocenters. The maximum Gasteiger partial charge on any atom is 0.305 e. The van der Waals surface area contributed by atoms with Crippen LogP contribution in [0, 0.1) is 0 Å². The van der Waals surface area contributed by atoms with E-state index < -0.39 is 5.97 Å². The van der Waals surface area contributed by atoms with Gasteiger partial charge in [-0.25, -0.2) is 0 Å². The average Bonchev–Trinajstić information content (AvgIpc) is 2.52. The monoisotopic (exact) mass is 308 g/mol. The minimum atomic E-state index is -0.783. The van der Waals surface area contributed by atoms with Gasteiger partial charge in [0.2, 0.25) is 0 Å². The Balaban J connectivity index is 2.75. The molecule has 0 spiro atoms. The number of nitrogens with zero attached hydrogens (tertiary/aromatic N) is 1. The van der Waals surface area contributed by atoms with Crippen LogP contribution in [0.4, 0.5) is 5.69 Å². The molecule has 0 fully saturated rings. The lowest BCUT2D eigenvalue weighted by molar-refractivity contribution is -0.136. The van der Waals surface area contributed by atoms with Gasteiger partial charge in [0.05, 0.1) is 19.2 Å². The lowest BCUT2D eigenvalue weighted by atomic mass is 10.1. The number of ether oxygens (including phenoxy) is 1. The maximum absolute atomic E-state index is 10.8. The molecule has 1 aromatic carbocycles. The summed E-state index contributed by atoms with van der Waals surface area (Å²) in [5.41, 5.74) is 2.12. The van der Waals surface area contributed by atoms with E-state index in [1.54, 1.807) is 7.11 Å². The fourth-order valence-corrected chi connectivity index (χ4v) is 2.31. The number of hydrogen-bond donors (Lipinski definition) is 2. The van der Waals surface area contributed by atoms with Gasteiger partial charge in [0, 0.05) is 19.6 Å². The Labute approximate surface area is 133 Å². The topological polar surface area (TPSA) is 61.8 Å². The number of carboxylic acid groups (broad SMARTS) is 1. The first kappa shape index (κ1) is 18.3. The zero-order valence-corrected chi connectivity index (χ0v) is 13.9. The molecular formula is C17H28N2O3. The Kier molecular flexibility index (Phi) is 8.36. The first-order valence-corrected chi connectivity index (χ1v) is 7.96. The molecule has 0 aliphatic carbocycles. The van der Waals surface area contributed by atoms with E-state index in [1.165, 1.54) is 18.4 Å². The molecule has 0 radical (unpaired) electrons. The third-order valence-corrected chi connectivity index (χ3v) is 3.60. The van der Waals surface area contributed by atoms with Gasteiger partial charge < -0.3 is 20.1 Å². The van der Waals surface area contributed by atoms with Gasteiger partial charge >= 0.3 is 5.97 Å². The fraction of sp³-hybridized carbons (Fsp3) is 0.588. The number of methoxy groups -OCH3 is 1. The lowest BCUT2D eigenvalue weighted by Gasteiger charge is -2.25. The fourth-order valence-electron chi connectivity index (χ4n) is 2.31. The zero-order valence-electron chi connectivity index (χ0n) is 13.9. The molecule has 124 valence electrons. The number of rotatable bonds is 11. The minimum absolute atomic E-state index is 0.122. The number of unbranched alkanes of at least 4 members (excludes halogenated alkanes) is 1. The first-order valence-electron chi connectivity index (χ1n) is 7.96. The summed E-state index contributed by atoms with van der Waals surface area (Å²) in [6, 6.07) is 6.11. The molecule has 0 amide bonds. The summed E-state index contributed by atoms with van der Waals surface area (Å²) in [6.07, 6.45) is 2.48. The van der Waals surface area contributed by atoms with Crippen molar-refractivity contribution in [2.24, 2.45) is 0 Å². The third kappa shape index (κ3) is 5.93. The van der Waals surface area contributed by atoms with Gasteiger partial charge in [0.15, 0.2) is 0 Å². The van der Waals surface area contributed by atoms with Crippen molar-refractivity contribution in [1.29, 1.82) is 0 Å². The van der Waals surface area contributed by atoms with Crippen LogP contribution < -0.4 is 15.0 Å². The van der Waals surface area contributed by atoms with Crippen molar-refractivity contribution in [2.75, 3.05) is 31.6 Å². The van der Waals surface area contributed by atoms with Gasteiger partial charge in [0.1, 0.15) is 5.75 Å². The molecule has 1 aromatic rings. The molecule has 1 rings (SSSR count). The molecule has 22 heavy (non-hydrogen) atoms. The SMILES string of the molecule is CCCCNCc1ccc(N(CC)CCC(=O)O)c(OC)c1. The third-order valence-electron chi connectivity index (χ3n) is 3.60.